The molecule has 10 heteroatoms. The first kappa shape index (κ1) is 21.9. The Labute approximate surface area is 182 Å². The lowest BCUT2D eigenvalue weighted by molar-refractivity contribution is -0.138. The van der Waals surface area contributed by atoms with Gasteiger partial charge in [0.25, 0.3) is 5.91 Å². The Balaban J connectivity index is 1.65. The fourth-order valence-electron chi connectivity index (χ4n) is 4.06. The molecule has 3 aliphatic rings. The van der Waals surface area contributed by atoms with Crippen LogP contribution in [0.5, 0.6) is 0 Å². The summed E-state index contributed by atoms with van der Waals surface area (Å²) in [5.74, 6) is -0.670. The average Bonchev–Trinajstić information content (AvgIpc) is 3.49. The van der Waals surface area contributed by atoms with Gasteiger partial charge in [0.1, 0.15) is 0 Å². The van der Waals surface area contributed by atoms with Crippen LogP contribution in [-0.2, 0) is 15.8 Å². The highest BCUT2D eigenvalue weighted by molar-refractivity contribution is 6.01. The predicted molar refractivity (Wildman–Crippen MR) is 109 cm³/mol. The van der Waals surface area contributed by atoms with E-state index in [1.165, 1.54) is 34.1 Å². The number of nitrogens with one attached hydrogen (secondary N) is 2. The van der Waals surface area contributed by atoms with Crippen LogP contribution in [0.15, 0.2) is 48.2 Å². The summed E-state index contributed by atoms with van der Waals surface area (Å²) in [5.41, 5.74) is -0.681. The van der Waals surface area contributed by atoms with E-state index < -0.39 is 29.7 Å². The zero-order chi connectivity index (χ0) is 23.0. The van der Waals surface area contributed by atoms with Crippen molar-refractivity contribution in [1.82, 2.24) is 20.4 Å². The highest BCUT2D eigenvalue weighted by Gasteiger charge is 2.46. The van der Waals surface area contributed by atoms with Crippen LogP contribution in [0.4, 0.5) is 18.0 Å². The number of nitrogens with zero attached hydrogens (tertiary/aromatic N) is 2. The number of halogens is 3. The van der Waals surface area contributed by atoms with E-state index in [1.807, 2.05) is 0 Å². The molecule has 2 aliphatic heterocycles. The number of alkyl halides is 3. The molecule has 170 valence electrons. The molecule has 1 aromatic carbocycles. The lowest BCUT2D eigenvalue weighted by atomic mass is 9.91. The largest absolute Gasteiger partial charge is 0.416 e. The Morgan fingerprint density at radius 2 is 1.97 bits per heavy atom. The Kier molecular flexibility index (Phi) is 5.70. The minimum absolute atomic E-state index is 0.0385. The molecule has 0 aromatic heterocycles. The normalized spacial score (nSPS) is 20.9. The maximum Gasteiger partial charge on any atom is 0.416 e. The second-order valence-corrected chi connectivity index (χ2v) is 8.05. The van der Waals surface area contributed by atoms with Crippen molar-refractivity contribution in [2.75, 3.05) is 19.6 Å². The first-order valence-electron chi connectivity index (χ1n) is 10.4. The molecule has 1 fully saturated rings. The van der Waals surface area contributed by atoms with Gasteiger partial charge in [-0.3, -0.25) is 14.5 Å². The van der Waals surface area contributed by atoms with Gasteiger partial charge >= 0.3 is 12.2 Å². The van der Waals surface area contributed by atoms with Gasteiger partial charge in [0.15, 0.2) is 0 Å². The number of carbonyl (C=O) groups excluding carboxylic acids is 3. The molecule has 0 saturated heterocycles. The fraction of sp³-hybridized carbons (Fsp3) is 0.409. The third-order valence-corrected chi connectivity index (χ3v) is 5.74. The van der Waals surface area contributed by atoms with Gasteiger partial charge in [-0.1, -0.05) is 24.3 Å². The molecule has 0 bridgehead atoms. The van der Waals surface area contributed by atoms with Crippen molar-refractivity contribution < 1.29 is 27.6 Å². The van der Waals surface area contributed by atoms with Gasteiger partial charge in [0.05, 0.1) is 29.4 Å². The van der Waals surface area contributed by atoms with E-state index in [2.05, 4.69) is 17.2 Å². The molecule has 32 heavy (non-hydrogen) atoms. The van der Waals surface area contributed by atoms with Crippen molar-refractivity contribution in [1.29, 1.82) is 0 Å². The molecule has 1 aliphatic carbocycles. The summed E-state index contributed by atoms with van der Waals surface area (Å²) in [7, 11) is 0. The first-order valence-corrected chi connectivity index (χ1v) is 10.4. The molecule has 4 rings (SSSR count). The van der Waals surface area contributed by atoms with Crippen molar-refractivity contribution >= 4 is 17.8 Å². The standard InChI is InChI=1S/C22H23F3N4O3/c1-2-10-29-16-12-28(11-9-17(30)26-13-7-8-13)20(31)18(16)19(27-21(29)32)14-5-3-4-6-15(14)22(23,24)25/h2-6,13,19H,1,7-12H2,(H,26,30)(H,27,32). The average molecular weight is 448 g/mol. The van der Waals surface area contributed by atoms with Crippen molar-refractivity contribution in [2.45, 2.75) is 37.5 Å². The van der Waals surface area contributed by atoms with Gasteiger partial charge in [-0.05, 0) is 24.5 Å². The van der Waals surface area contributed by atoms with Crippen LogP contribution < -0.4 is 10.6 Å². The quantitative estimate of drug-likeness (QED) is 0.630. The summed E-state index contributed by atoms with van der Waals surface area (Å²) in [6.07, 6.45) is -1.22. The Morgan fingerprint density at radius 3 is 2.62 bits per heavy atom. The molecule has 1 saturated carbocycles. The fourth-order valence-corrected chi connectivity index (χ4v) is 4.06. The SMILES string of the molecule is C=CCN1C(=O)NC(c2ccccc2C(F)(F)F)C2=C1CN(CCC(=O)NC1CC1)C2=O. The Morgan fingerprint density at radius 1 is 1.25 bits per heavy atom. The maximum absolute atomic E-state index is 13.6. The molecule has 2 heterocycles. The van der Waals surface area contributed by atoms with Crippen LogP contribution in [0, 0.1) is 0 Å². The van der Waals surface area contributed by atoms with Crippen molar-refractivity contribution in [3.63, 3.8) is 0 Å². The van der Waals surface area contributed by atoms with Crippen LogP contribution in [-0.4, -0.2) is 53.3 Å². The van der Waals surface area contributed by atoms with E-state index in [4.69, 9.17) is 0 Å². The van der Waals surface area contributed by atoms with E-state index in [-0.39, 0.29) is 49.1 Å². The lowest BCUT2D eigenvalue weighted by Crippen LogP contribution is -2.47. The molecule has 0 spiro atoms. The minimum atomic E-state index is -4.65. The number of benzene rings is 1. The maximum atomic E-state index is 13.6. The van der Waals surface area contributed by atoms with Gasteiger partial charge in [-0.15, -0.1) is 6.58 Å². The number of hydrogen-bond donors (Lipinski definition) is 2. The molecule has 1 aromatic rings. The zero-order valence-electron chi connectivity index (χ0n) is 17.2. The van der Waals surface area contributed by atoms with Gasteiger partial charge < -0.3 is 15.5 Å². The molecule has 1 atom stereocenters. The van der Waals surface area contributed by atoms with Gasteiger partial charge in [-0.2, -0.15) is 13.2 Å². The lowest BCUT2D eigenvalue weighted by Gasteiger charge is -2.33. The zero-order valence-corrected chi connectivity index (χ0v) is 17.2. The second kappa shape index (κ2) is 8.33. The van der Waals surface area contributed by atoms with Crippen molar-refractivity contribution in [3.05, 3.63) is 59.3 Å². The topological polar surface area (TPSA) is 81.8 Å². The summed E-state index contributed by atoms with van der Waals surface area (Å²) >= 11 is 0. The van der Waals surface area contributed by atoms with Gasteiger partial charge in [0.2, 0.25) is 5.91 Å². The molecular weight excluding hydrogens is 425 g/mol. The van der Waals surface area contributed by atoms with Crippen LogP contribution in [0.25, 0.3) is 0 Å². The number of rotatable bonds is 7. The summed E-state index contributed by atoms with van der Waals surface area (Å²) in [4.78, 5) is 40.7. The number of amides is 4. The summed E-state index contributed by atoms with van der Waals surface area (Å²) in [6, 6.07) is 3.24. The smallest absolute Gasteiger partial charge is 0.353 e. The predicted octanol–water partition coefficient (Wildman–Crippen LogP) is 2.72. The summed E-state index contributed by atoms with van der Waals surface area (Å²) < 4.78 is 40.9. The Bertz CT molecular complexity index is 1000. The molecule has 0 radical (unpaired) electrons. The third-order valence-electron chi connectivity index (χ3n) is 5.74. The van der Waals surface area contributed by atoms with E-state index in [0.29, 0.717) is 5.70 Å². The highest BCUT2D eigenvalue weighted by Crippen LogP contribution is 2.41. The van der Waals surface area contributed by atoms with Gasteiger partial charge in [0, 0.05) is 25.6 Å². The summed E-state index contributed by atoms with van der Waals surface area (Å²) in [5, 5.41) is 5.40. The van der Waals surface area contributed by atoms with Crippen LogP contribution in [0.1, 0.15) is 36.4 Å². The molecular formula is C22H23F3N4O3. The van der Waals surface area contributed by atoms with Crippen LogP contribution >= 0.6 is 0 Å². The van der Waals surface area contributed by atoms with E-state index in [0.717, 1.165) is 18.9 Å². The minimum Gasteiger partial charge on any atom is -0.353 e. The molecule has 4 amide bonds. The molecule has 1 unspecified atom stereocenters. The number of urea groups is 1. The van der Waals surface area contributed by atoms with Crippen LogP contribution in [0.2, 0.25) is 0 Å². The number of hydrogen-bond acceptors (Lipinski definition) is 3. The monoisotopic (exact) mass is 448 g/mol. The summed E-state index contributed by atoms with van der Waals surface area (Å²) in [6.45, 7) is 3.86. The van der Waals surface area contributed by atoms with Crippen molar-refractivity contribution in [2.24, 2.45) is 0 Å². The molecule has 7 nitrogen and oxygen atoms in total. The highest BCUT2D eigenvalue weighted by atomic mass is 19.4. The van der Waals surface area contributed by atoms with E-state index in [9.17, 15) is 27.6 Å². The van der Waals surface area contributed by atoms with E-state index in [1.54, 1.807) is 0 Å². The Hall–Kier alpha value is -3.30. The molecule has 2 N–H and O–H groups in total. The van der Waals surface area contributed by atoms with Crippen LogP contribution in [0.3, 0.4) is 0 Å². The van der Waals surface area contributed by atoms with Gasteiger partial charge in [-0.25, -0.2) is 4.79 Å². The van der Waals surface area contributed by atoms with Crippen molar-refractivity contribution in [3.8, 4) is 0 Å². The van der Waals surface area contributed by atoms with E-state index >= 15 is 0 Å². The second-order valence-electron chi connectivity index (χ2n) is 8.05. The third kappa shape index (κ3) is 4.21. The first-order chi connectivity index (χ1) is 15.2. The number of carbonyl (C=O) groups is 3.